The van der Waals surface area contributed by atoms with Crippen LogP contribution in [-0.4, -0.2) is 22.7 Å². The molecule has 0 amide bonds. The number of carbonyl (C=O) groups excluding carboxylic acids is 1. The van der Waals surface area contributed by atoms with E-state index in [1.807, 2.05) is 0 Å². The van der Waals surface area contributed by atoms with Crippen LogP contribution in [0.1, 0.15) is 18.6 Å². The minimum absolute atomic E-state index is 0.142. The van der Waals surface area contributed by atoms with Gasteiger partial charge < -0.3 is 9.26 Å². The van der Waals surface area contributed by atoms with Crippen LogP contribution in [0, 0.1) is 0 Å². The lowest BCUT2D eigenvalue weighted by molar-refractivity contribution is -0.159. The summed E-state index contributed by atoms with van der Waals surface area (Å²) in [5.41, 5.74) is 0. The van der Waals surface area contributed by atoms with Gasteiger partial charge in [0.1, 0.15) is 6.42 Å². The second-order valence-electron chi connectivity index (χ2n) is 2.50. The van der Waals surface area contributed by atoms with Crippen LogP contribution in [0.4, 0.5) is 13.2 Å². The average molecular weight is 224 g/mol. The number of aromatic nitrogens is 2. The molecule has 0 aliphatic rings. The zero-order valence-electron chi connectivity index (χ0n) is 7.67. The highest BCUT2D eigenvalue weighted by molar-refractivity contribution is 5.71. The maximum Gasteiger partial charge on any atom is 0.471 e. The molecule has 1 aromatic heterocycles. The summed E-state index contributed by atoms with van der Waals surface area (Å²) in [6, 6.07) is 0. The first kappa shape index (κ1) is 11.5. The molecule has 1 aromatic rings. The summed E-state index contributed by atoms with van der Waals surface area (Å²) in [5.74, 6) is -2.52. The van der Waals surface area contributed by atoms with Gasteiger partial charge in [-0.05, 0) is 6.92 Å². The first-order valence-corrected chi connectivity index (χ1v) is 3.99. The molecular weight excluding hydrogens is 217 g/mol. The third-order valence-electron chi connectivity index (χ3n) is 1.32. The fraction of sp³-hybridized carbons (Fsp3) is 0.571. The van der Waals surface area contributed by atoms with E-state index in [0.717, 1.165) is 0 Å². The Kier molecular flexibility index (Phi) is 3.28. The van der Waals surface area contributed by atoms with Gasteiger partial charge in [-0.2, -0.15) is 18.2 Å². The topological polar surface area (TPSA) is 65.2 Å². The van der Waals surface area contributed by atoms with Crippen LogP contribution in [0.15, 0.2) is 4.52 Å². The van der Waals surface area contributed by atoms with Gasteiger partial charge in [-0.1, -0.05) is 5.16 Å². The summed E-state index contributed by atoms with van der Waals surface area (Å²) in [6.07, 6.45) is -5.13. The fourth-order valence-corrected chi connectivity index (χ4v) is 0.782. The molecule has 0 aliphatic carbocycles. The Balaban J connectivity index is 2.65. The van der Waals surface area contributed by atoms with Crippen molar-refractivity contribution < 1.29 is 27.2 Å². The van der Waals surface area contributed by atoms with Crippen LogP contribution >= 0.6 is 0 Å². The van der Waals surface area contributed by atoms with Crippen molar-refractivity contribution in [1.82, 2.24) is 10.1 Å². The van der Waals surface area contributed by atoms with Crippen LogP contribution in [0.5, 0.6) is 0 Å². The zero-order chi connectivity index (χ0) is 11.5. The van der Waals surface area contributed by atoms with Gasteiger partial charge in [0.25, 0.3) is 0 Å². The average Bonchev–Trinajstić information content (AvgIpc) is 2.52. The summed E-state index contributed by atoms with van der Waals surface area (Å²) in [5, 5.41) is 3.00. The second kappa shape index (κ2) is 4.28. The molecule has 0 radical (unpaired) electrons. The van der Waals surface area contributed by atoms with Crippen molar-refractivity contribution in [1.29, 1.82) is 0 Å². The van der Waals surface area contributed by atoms with Gasteiger partial charge in [0.15, 0.2) is 5.82 Å². The number of rotatable bonds is 3. The molecule has 0 saturated carbocycles. The van der Waals surface area contributed by atoms with Gasteiger partial charge in [0, 0.05) is 0 Å². The number of alkyl halides is 3. The Labute approximate surface area is 82.2 Å². The minimum Gasteiger partial charge on any atom is -0.466 e. The third kappa shape index (κ3) is 3.22. The van der Waals surface area contributed by atoms with E-state index in [-0.39, 0.29) is 12.4 Å². The highest BCUT2D eigenvalue weighted by Gasteiger charge is 2.38. The van der Waals surface area contributed by atoms with Crippen molar-refractivity contribution in [3.8, 4) is 0 Å². The molecular formula is C7H7F3N2O3. The standard InChI is InChI=1S/C7H7F3N2O3/c1-2-14-5(13)3-4-11-6(15-12-4)7(8,9)10/h2-3H2,1H3. The molecule has 0 saturated heterocycles. The van der Waals surface area contributed by atoms with Gasteiger partial charge in [-0.25, -0.2) is 0 Å². The van der Waals surface area contributed by atoms with E-state index in [1.54, 1.807) is 6.92 Å². The Morgan fingerprint density at radius 3 is 2.67 bits per heavy atom. The number of hydrogen-bond donors (Lipinski definition) is 0. The van der Waals surface area contributed by atoms with Crippen LogP contribution < -0.4 is 0 Å². The van der Waals surface area contributed by atoms with Crippen molar-refractivity contribution in [3.63, 3.8) is 0 Å². The van der Waals surface area contributed by atoms with Crippen LogP contribution in [0.2, 0.25) is 0 Å². The predicted molar refractivity (Wildman–Crippen MR) is 39.6 cm³/mol. The monoisotopic (exact) mass is 224 g/mol. The van der Waals surface area contributed by atoms with Crippen LogP contribution in [0.25, 0.3) is 0 Å². The summed E-state index contributed by atoms with van der Waals surface area (Å²) >= 11 is 0. The molecule has 1 heterocycles. The quantitative estimate of drug-likeness (QED) is 0.721. The molecule has 15 heavy (non-hydrogen) atoms. The highest BCUT2D eigenvalue weighted by atomic mass is 19.4. The maximum absolute atomic E-state index is 12.0. The summed E-state index contributed by atoms with van der Waals surface area (Å²) in [4.78, 5) is 13.8. The Morgan fingerprint density at radius 2 is 2.20 bits per heavy atom. The molecule has 5 nitrogen and oxygen atoms in total. The number of hydrogen-bond acceptors (Lipinski definition) is 5. The zero-order valence-corrected chi connectivity index (χ0v) is 7.67. The second-order valence-corrected chi connectivity index (χ2v) is 2.50. The lowest BCUT2D eigenvalue weighted by Gasteiger charge is -1.97. The van der Waals surface area contributed by atoms with E-state index in [1.165, 1.54) is 0 Å². The summed E-state index contributed by atoms with van der Waals surface area (Å²) in [6.45, 7) is 1.72. The van der Waals surface area contributed by atoms with E-state index >= 15 is 0 Å². The maximum atomic E-state index is 12.0. The number of esters is 1. The van der Waals surface area contributed by atoms with Gasteiger partial charge >= 0.3 is 18.0 Å². The van der Waals surface area contributed by atoms with Crippen molar-refractivity contribution in [3.05, 3.63) is 11.7 Å². The van der Waals surface area contributed by atoms with Crippen molar-refractivity contribution >= 4 is 5.97 Å². The minimum atomic E-state index is -4.69. The van der Waals surface area contributed by atoms with Gasteiger partial charge in [-0.15, -0.1) is 0 Å². The number of carbonyl (C=O) groups is 1. The molecule has 0 aliphatic heterocycles. The lowest BCUT2D eigenvalue weighted by atomic mass is 10.4. The van der Waals surface area contributed by atoms with Crippen LogP contribution in [0.3, 0.4) is 0 Å². The molecule has 0 aromatic carbocycles. The fourth-order valence-electron chi connectivity index (χ4n) is 0.782. The smallest absolute Gasteiger partial charge is 0.466 e. The highest BCUT2D eigenvalue weighted by Crippen LogP contribution is 2.27. The lowest BCUT2D eigenvalue weighted by Crippen LogP contribution is -2.09. The molecule has 8 heteroatoms. The largest absolute Gasteiger partial charge is 0.471 e. The van der Waals surface area contributed by atoms with E-state index in [9.17, 15) is 18.0 Å². The van der Waals surface area contributed by atoms with E-state index in [0.29, 0.717) is 0 Å². The SMILES string of the molecule is CCOC(=O)Cc1noc(C(F)(F)F)n1. The Morgan fingerprint density at radius 1 is 1.53 bits per heavy atom. The number of nitrogens with zero attached hydrogens (tertiary/aromatic N) is 2. The van der Waals surface area contributed by atoms with E-state index in [4.69, 9.17) is 0 Å². The Hall–Kier alpha value is -1.60. The number of ether oxygens (including phenoxy) is 1. The van der Waals surface area contributed by atoms with Gasteiger partial charge in [-0.3, -0.25) is 4.79 Å². The molecule has 84 valence electrons. The first-order valence-electron chi connectivity index (χ1n) is 3.99. The van der Waals surface area contributed by atoms with Gasteiger partial charge in [0.2, 0.25) is 0 Å². The van der Waals surface area contributed by atoms with E-state index in [2.05, 4.69) is 19.4 Å². The molecule has 0 N–H and O–H groups in total. The van der Waals surface area contributed by atoms with Gasteiger partial charge in [0.05, 0.1) is 6.61 Å². The molecule has 1 rings (SSSR count). The van der Waals surface area contributed by atoms with E-state index < -0.39 is 24.5 Å². The predicted octanol–water partition coefficient (Wildman–Crippen LogP) is 1.19. The molecule has 0 unspecified atom stereocenters. The van der Waals surface area contributed by atoms with Crippen LogP contribution in [-0.2, 0) is 22.1 Å². The normalized spacial score (nSPS) is 11.5. The number of halogens is 3. The first-order chi connectivity index (χ1) is 6.93. The Bertz CT molecular complexity index is 347. The summed E-state index contributed by atoms with van der Waals surface area (Å²) in [7, 11) is 0. The van der Waals surface area contributed by atoms with Crippen molar-refractivity contribution in [2.75, 3.05) is 6.61 Å². The van der Waals surface area contributed by atoms with Crippen molar-refractivity contribution in [2.45, 2.75) is 19.5 Å². The van der Waals surface area contributed by atoms with Crippen molar-refractivity contribution in [2.24, 2.45) is 0 Å². The summed E-state index contributed by atoms with van der Waals surface area (Å²) < 4.78 is 44.3. The molecule has 0 fully saturated rings. The third-order valence-corrected chi connectivity index (χ3v) is 1.32. The molecule has 0 atom stereocenters. The molecule has 0 bridgehead atoms. The molecule has 0 spiro atoms.